The van der Waals surface area contributed by atoms with Crippen molar-refractivity contribution in [1.29, 1.82) is 0 Å². The van der Waals surface area contributed by atoms with Crippen LogP contribution in [0.4, 0.5) is 28.4 Å². The third-order valence-corrected chi connectivity index (χ3v) is 13.9. The van der Waals surface area contributed by atoms with Gasteiger partial charge in [0, 0.05) is 33.9 Å². The van der Waals surface area contributed by atoms with Crippen molar-refractivity contribution in [2.24, 2.45) is 0 Å². The van der Waals surface area contributed by atoms with E-state index in [1.807, 2.05) is 0 Å². The summed E-state index contributed by atoms with van der Waals surface area (Å²) in [6.45, 7) is 26.3. The Morgan fingerprint density at radius 1 is 0.528 bits per heavy atom. The summed E-state index contributed by atoms with van der Waals surface area (Å²) in [4.78, 5) is 5.38. The highest BCUT2D eigenvalue weighted by Gasteiger charge is 2.58. The molecule has 270 valence electrons. The molecule has 0 aromatic heterocycles. The van der Waals surface area contributed by atoms with Crippen LogP contribution in [0, 0.1) is 0 Å². The van der Waals surface area contributed by atoms with E-state index < -0.39 is 0 Å². The number of nitrogens with zero attached hydrogens (tertiary/aromatic N) is 2. The predicted octanol–water partition coefficient (Wildman–Crippen LogP) is 11.6. The van der Waals surface area contributed by atoms with Crippen LogP contribution in [-0.2, 0) is 21.7 Å². The van der Waals surface area contributed by atoms with E-state index in [1.54, 1.807) is 0 Å². The summed E-state index contributed by atoms with van der Waals surface area (Å²) in [6.07, 6.45) is 4.98. The van der Waals surface area contributed by atoms with E-state index in [2.05, 4.69) is 183 Å². The second-order valence-electron chi connectivity index (χ2n) is 20.2. The number of hydrogen-bond donors (Lipinski definition) is 0. The van der Waals surface area contributed by atoms with Gasteiger partial charge in [-0.1, -0.05) is 148 Å². The number of para-hydroxylation sites is 1. The van der Waals surface area contributed by atoms with E-state index in [9.17, 15) is 0 Å². The summed E-state index contributed by atoms with van der Waals surface area (Å²) < 4.78 is 0. The molecule has 5 aromatic rings. The van der Waals surface area contributed by atoms with Gasteiger partial charge < -0.3 is 9.80 Å². The average molecular weight is 697 g/mol. The van der Waals surface area contributed by atoms with Crippen LogP contribution in [0.25, 0.3) is 11.1 Å². The van der Waals surface area contributed by atoms with Crippen molar-refractivity contribution in [2.75, 3.05) is 9.80 Å². The molecule has 5 aromatic carbocycles. The highest BCUT2D eigenvalue weighted by Crippen LogP contribution is 2.61. The zero-order valence-electron chi connectivity index (χ0n) is 34.0. The van der Waals surface area contributed by atoms with Gasteiger partial charge in [-0.3, -0.25) is 0 Å². The Hall–Kier alpha value is -4.24. The van der Waals surface area contributed by atoms with Crippen molar-refractivity contribution >= 4 is 51.5 Å². The molecule has 0 N–H and O–H groups in total. The van der Waals surface area contributed by atoms with Gasteiger partial charge in [0.05, 0.1) is 5.54 Å². The fourth-order valence-electron chi connectivity index (χ4n) is 10.5. The fourth-order valence-corrected chi connectivity index (χ4v) is 10.5. The third-order valence-electron chi connectivity index (χ3n) is 13.9. The maximum absolute atomic E-state index is 2.77. The molecule has 3 heterocycles. The molecule has 2 atom stereocenters. The first-order valence-corrected chi connectivity index (χ1v) is 20.2. The highest BCUT2D eigenvalue weighted by molar-refractivity contribution is 7.01. The topological polar surface area (TPSA) is 6.48 Å². The van der Waals surface area contributed by atoms with Gasteiger partial charge >= 0.3 is 0 Å². The van der Waals surface area contributed by atoms with Gasteiger partial charge in [-0.2, -0.15) is 0 Å². The van der Waals surface area contributed by atoms with Crippen LogP contribution in [0.2, 0.25) is 0 Å². The summed E-state index contributed by atoms with van der Waals surface area (Å²) in [5.41, 5.74) is 19.6. The van der Waals surface area contributed by atoms with E-state index in [0.29, 0.717) is 0 Å². The second-order valence-corrected chi connectivity index (χ2v) is 20.2. The zero-order chi connectivity index (χ0) is 37.5. The molecule has 53 heavy (non-hydrogen) atoms. The molecule has 0 saturated heterocycles. The summed E-state index contributed by atoms with van der Waals surface area (Å²) in [5.74, 6) is 0. The molecule has 1 saturated carbocycles. The number of benzene rings is 5. The van der Waals surface area contributed by atoms with Crippen molar-refractivity contribution in [2.45, 2.75) is 129 Å². The van der Waals surface area contributed by atoms with Gasteiger partial charge in [0.25, 0.3) is 0 Å². The first-order chi connectivity index (χ1) is 24.9. The summed E-state index contributed by atoms with van der Waals surface area (Å²) in [6, 6.07) is 38.7. The molecular weight excluding hydrogens is 639 g/mol. The van der Waals surface area contributed by atoms with E-state index in [0.717, 1.165) is 0 Å². The number of rotatable bonds is 2. The minimum Gasteiger partial charge on any atom is -0.334 e. The first-order valence-electron chi connectivity index (χ1n) is 20.2. The molecule has 0 bridgehead atoms. The van der Waals surface area contributed by atoms with Gasteiger partial charge in [-0.05, 0) is 117 Å². The van der Waals surface area contributed by atoms with Crippen LogP contribution in [0.1, 0.15) is 124 Å². The summed E-state index contributed by atoms with van der Waals surface area (Å²) >= 11 is 0. The Balaban J connectivity index is 1.36. The molecule has 0 radical (unpaired) electrons. The van der Waals surface area contributed by atoms with Gasteiger partial charge in [-0.15, -0.1) is 0 Å². The Morgan fingerprint density at radius 2 is 1.13 bits per heavy atom. The van der Waals surface area contributed by atoms with E-state index in [-0.39, 0.29) is 33.9 Å². The standard InChI is InChI=1S/C50H57BN2/c1-46(2,3)32-18-22-35(23-19-32)52-43-25-21-34(48(7,8)9)29-41(43)51-40-28-33(47(4,5)6)20-24-37(40)38-30-36(31-44(52)45(38)51)53-42-17-13-12-16-39(42)49(10)26-14-15-27-50(49,53)11/h12-13,16-25,28-31H,14-15,26-27H2,1-11H3. The van der Waals surface area contributed by atoms with Crippen LogP contribution >= 0.6 is 0 Å². The molecule has 4 aliphatic rings. The van der Waals surface area contributed by atoms with Gasteiger partial charge in [0.15, 0.2) is 0 Å². The van der Waals surface area contributed by atoms with Crippen LogP contribution < -0.4 is 26.2 Å². The molecule has 2 unspecified atom stereocenters. The molecule has 3 aliphatic heterocycles. The maximum atomic E-state index is 2.77. The molecule has 9 rings (SSSR count). The molecule has 3 heteroatoms. The predicted molar refractivity (Wildman–Crippen MR) is 230 cm³/mol. The number of fused-ring (bicyclic) bond motifs is 8. The van der Waals surface area contributed by atoms with Crippen molar-refractivity contribution in [3.63, 3.8) is 0 Å². The largest absolute Gasteiger partial charge is 0.334 e. The summed E-state index contributed by atoms with van der Waals surface area (Å²) in [5, 5.41) is 0. The summed E-state index contributed by atoms with van der Waals surface area (Å²) in [7, 11) is 0. The van der Waals surface area contributed by atoms with Crippen LogP contribution in [-0.4, -0.2) is 12.3 Å². The minimum atomic E-state index is -0.0137. The van der Waals surface area contributed by atoms with Crippen molar-refractivity contribution in [1.82, 2.24) is 0 Å². The monoisotopic (exact) mass is 696 g/mol. The molecule has 0 spiro atoms. The van der Waals surface area contributed by atoms with Gasteiger partial charge in [-0.25, -0.2) is 0 Å². The lowest BCUT2D eigenvalue weighted by Gasteiger charge is -2.50. The number of anilines is 5. The van der Waals surface area contributed by atoms with Crippen molar-refractivity contribution in [3.05, 3.63) is 119 Å². The zero-order valence-corrected chi connectivity index (χ0v) is 34.0. The normalized spacial score (nSPS) is 21.6. The highest BCUT2D eigenvalue weighted by atomic mass is 15.3. The first kappa shape index (κ1) is 34.5. The van der Waals surface area contributed by atoms with E-state index in [4.69, 9.17) is 0 Å². The Bertz CT molecular complexity index is 2290. The maximum Gasteiger partial charge on any atom is 0.248 e. The average Bonchev–Trinajstić information content (AvgIpc) is 3.54. The molecular formula is C50H57BN2. The lowest BCUT2D eigenvalue weighted by atomic mass is 9.36. The molecule has 2 nitrogen and oxygen atoms in total. The van der Waals surface area contributed by atoms with Crippen molar-refractivity contribution in [3.8, 4) is 11.1 Å². The molecule has 1 fully saturated rings. The van der Waals surface area contributed by atoms with Gasteiger partial charge in [0.1, 0.15) is 0 Å². The van der Waals surface area contributed by atoms with Gasteiger partial charge in [0.2, 0.25) is 6.71 Å². The lowest BCUT2D eigenvalue weighted by Crippen LogP contribution is -2.56. The van der Waals surface area contributed by atoms with Crippen molar-refractivity contribution < 1.29 is 0 Å². The van der Waals surface area contributed by atoms with Crippen LogP contribution in [0.3, 0.4) is 0 Å². The smallest absolute Gasteiger partial charge is 0.248 e. The molecule has 1 aliphatic carbocycles. The van der Waals surface area contributed by atoms with Crippen LogP contribution in [0.5, 0.6) is 0 Å². The van der Waals surface area contributed by atoms with E-state index >= 15 is 0 Å². The Labute approximate surface area is 319 Å². The minimum absolute atomic E-state index is 0.0137. The lowest BCUT2D eigenvalue weighted by molar-refractivity contribution is 0.195. The third kappa shape index (κ3) is 4.91. The fraction of sp³-hybridized carbons (Fsp3) is 0.400. The SMILES string of the molecule is CC(C)(C)c1ccc(N2c3ccc(C(C)(C)C)cc3B3c4cc(C(C)(C)C)ccc4-c4cc(N5c6ccccc6C6(C)CCCCC56C)cc2c43)cc1. The Morgan fingerprint density at radius 3 is 1.81 bits per heavy atom. The Kier molecular flexibility index (Phi) is 7.27. The van der Waals surface area contributed by atoms with E-state index in [1.165, 1.54) is 104 Å². The molecule has 0 amide bonds. The number of hydrogen-bond acceptors (Lipinski definition) is 2. The van der Waals surface area contributed by atoms with Crippen LogP contribution in [0.15, 0.2) is 97.1 Å². The second kappa shape index (κ2) is 11.2. The quantitative estimate of drug-likeness (QED) is 0.166.